The molecular formula is C27H24ClNO3S2. The average Bonchev–Trinajstić information content (AvgIpc) is 3.41. The highest BCUT2D eigenvalue weighted by molar-refractivity contribution is 7.20. The molecule has 1 atom stereocenters. The Balaban J connectivity index is 1.37. The summed E-state index contributed by atoms with van der Waals surface area (Å²) < 4.78 is 11.9. The Bertz CT molecular complexity index is 1290. The van der Waals surface area contributed by atoms with Crippen LogP contribution in [0.3, 0.4) is 0 Å². The van der Waals surface area contributed by atoms with E-state index in [0.29, 0.717) is 10.0 Å². The number of benzene rings is 2. The van der Waals surface area contributed by atoms with Crippen LogP contribution in [0.1, 0.15) is 42.2 Å². The van der Waals surface area contributed by atoms with Crippen LogP contribution in [0.5, 0.6) is 5.75 Å². The van der Waals surface area contributed by atoms with E-state index in [-0.39, 0.29) is 6.10 Å². The first-order valence-corrected chi connectivity index (χ1v) is 13.2. The summed E-state index contributed by atoms with van der Waals surface area (Å²) in [5.74, 6) is 1.49. The van der Waals surface area contributed by atoms with Crippen LogP contribution in [0.4, 0.5) is 10.5 Å². The average molecular weight is 510 g/mol. The number of thiophene rings is 2. The lowest BCUT2D eigenvalue weighted by Crippen LogP contribution is -2.15. The molecule has 0 saturated heterocycles. The van der Waals surface area contributed by atoms with Crippen LogP contribution in [0, 0.1) is 0 Å². The van der Waals surface area contributed by atoms with E-state index in [0.717, 1.165) is 38.1 Å². The third-order valence-electron chi connectivity index (χ3n) is 5.90. The summed E-state index contributed by atoms with van der Waals surface area (Å²) in [5, 5.41) is 4.82. The molecular weight excluding hydrogens is 486 g/mol. The summed E-state index contributed by atoms with van der Waals surface area (Å²) in [6.07, 6.45) is 1.73. The molecule has 0 aliphatic heterocycles. The van der Waals surface area contributed by atoms with Gasteiger partial charge in [0, 0.05) is 10.4 Å². The molecule has 0 unspecified atom stereocenters. The summed E-state index contributed by atoms with van der Waals surface area (Å²) in [6.45, 7) is 1.85. The molecule has 0 radical (unpaired) electrons. The highest BCUT2D eigenvalue weighted by atomic mass is 35.5. The fourth-order valence-electron chi connectivity index (χ4n) is 3.97. The van der Waals surface area contributed by atoms with E-state index in [1.807, 2.05) is 36.6 Å². The number of halogens is 1. The first kappa shape index (κ1) is 23.0. The lowest BCUT2D eigenvalue weighted by atomic mass is 9.99. The summed E-state index contributed by atoms with van der Waals surface area (Å²) in [7, 11) is 1.67. The molecule has 4 aromatic rings. The summed E-state index contributed by atoms with van der Waals surface area (Å²) in [6, 6.07) is 20.4. The van der Waals surface area contributed by atoms with Gasteiger partial charge in [0.05, 0.1) is 22.0 Å². The van der Waals surface area contributed by atoms with Gasteiger partial charge in [0.1, 0.15) is 11.9 Å². The molecule has 1 fully saturated rings. The number of carbonyl (C=O) groups is 1. The van der Waals surface area contributed by atoms with Crippen molar-refractivity contribution in [2.75, 3.05) is 12.4 Å². The van der Waals surface area contributed by atoms with Crippen LogP contribution in [0.2, 0.25) is 4.34 Å². The Labute approximate surface area is 212 Å². The first-order valence-electron chi connectivity index (χ1n) is 11.1. The highest BCUT2D eigenvalue weighted by Crippen LogP contribution is 2.44. The second-order valence-corrected chi connectivity index (χ2v) is 11.0. The van der Waals surface area contributed by atoms with E-state index < -0.39 is 6.09 Å². The molecule has 1 N–H and O–H groups in total. The standard InChI is InChI=1S/C27H24ClNO3S2/c1-16(24-4-3-13-33-24)32-27(30)29-22-15-25(28)34-26(22)20-11-12-21(23(14-20)31-2)19-9-7-18(8-10-19)17-5-6-17/h3-4,7-17H,5-6H2,1-2H3,(H,29,30)/t16-/m1/s1. The molecule has 7 heteroatoms. The van der Waals surface area contributed by atoms with Crippen molar-refractivity contribution >= 4 is 46.1 Å². The molecule has 1 amide bonds. The van der Waals surface area contributed by atoms with Crippen molar-refractivity contribution < 1.29 is 14.3 Å². The van der Waals surface area contributed by atoms with Gasteiger partial charge in [0.2, 0.25) is 0 Å². The summed E-state index contributed by atoms with van der Waals surface area (Å²) in [4.78, 5) is 14.4. The Morgan fingerprint density at radius 2 is 1.85 bits per heavy atom. The quantitative estimate of drug-likeness (QED) is 0.270. The van der Waals surface area contributed by atoms with Crippen LogP contribution >= 0.6 is 34.3 Å². The summed E-state index contributed by atoms with van der Waals surface area (Å²) >= 11 is 9.28. The fourth-order valence-corrected chi connectivity index (χ4v) is 5.86. The van der Waals surface area contributed by atoms with E-state index in [4.69, 9.17) is 21.1 Å². The number of hydrogen-bond acceptors (Lipinski definition) is 5. The van der Waals surface area contributed by atoms with Gasteiger partial charge >= 0.3 is 6.09 Å². The normalized spacial score (nSPS) is 14.0. The summed E-state index contributed by atoms with van der Waals surface area (Å²) in [5.41, 5.74) is 5.07. The number of ether oxygens (including phenoxy) is 2. The molecule has 174 valence electrons. The van der Waals surface area contributed by atoms with E-state index in [9.17, 15) is 4.79 Å². The maximum absolute atomic E-state index is 12.6. The fraction of sp³-hybridized carbons (Fsp3) is 0.222. The van der Waals surface area contributed by atoms with Gasteiger partial charge in [-0.1, -0.05) is 54.1 Å². The van der Waals surface area contributed by atoms with E-state index in [1.54, 1.807) is 24.5 Å². The molecule has 1 aliphatic carbocycles. The zero-order valence-corrected chi connectivity index (χ0v) is 21.2. The van der Waals surface area contributed by atoms with Crippen molar-refractivity contribution in [3.05, 3.63) is 80.8 Å². The Hall–Kier alpha value is -2.80. The zero-order chi connectivity index (χ0) is 23.7. The molecule has 2 aromatic carbocycles. The monoisotopic (exact) mass is 509 g/mol. The Morgan fingerprint density at radius 1 is 1.09 bits per heavy atom. The van der Waals surface area contributed by atoms with Crippen LogP contribution in [0.25, 0.3) is 21.6 Å². The molecule has 2 heterocycles. The molecule has 4 nitrogen and oxygen atoms in total. The van der Waals surface area contributed by atoms with Crippen molar-refractivity contribution in [3.8, 4) is 27.3 Å². The second-order valence-electron chi connectivity index (χ2n) is 8.29. The Morgan fingerprint density at radius 3 is 2.53 bits per heavy atom. The molecule has 2 aromatic heterocycles. The first-order chi connectivity index (χ1) is 16.5. The molecule has 1 saturated carbocycles. The predicted octanol–water partition coefficient (Wildman–Crippen LogP) is 8.99. The molecule has 5 rings (SSSR count). The Kier molecular flexibility index (Phi) is 6.63. The molecule has 0 bridgehead atoms. The maximum Gasteiger partial charge on any atom is 0.412 e. The van der Waals surface area contributed by atoms with Crippen LogP contribution in [-0.2, 0) is 4.74 Å². The smallest absolute Gasteiger partial charge is 0.412 e. The van der Waals surface area contributed by atoms with Crippen molar-refractivity contribution in [1.29, 1.82) is 0 Å². The van der Waals surface area contributed by atoms with Crippen LogP contribution in [0.15, 0.2) is 66.0 Å². The minimum atomic E-state index is -0.518. The third kappa shape index (κ3) is 4.99. The van der Waals surface area contributed by atoms with Crippen molar-refractivity contribution in [3.63, 3.8) is 0 Å². The van der Waals surface area contributed by atoms with Gasteiger partial charge < -0.3 is 9.47 Å². The predicted molar refractivity (Wildman–Crippen MR) is 142 cm³/mol. The van der Waals surface area contributed by atoms with Crippen molar-refractivity contribution in [2.24, 2.45) is 0 Å². The van der Waals surface area contributed by atoms with E-state index in [1.165, 1.54) is 29.7 Å². The lowest BCUT2D eigenvalue weighted by Gasteiger charge is -2.14. The molecule has 1 aliphatic rings. The van der Waals surface area contributed by atoms with Gasteiger partial charge in [-0.15, -0.1) is 22.7 Å². The van der Waals surface area contributed by atoms with Crippen molar-refractivity contribution in [1.82, 2.24) is 0 Å². The number of methoxy groups -OCH3 is 1. The number of rotatable bonds is 7. The zero-order valence-electron chi connectivity index (χ0n) is 18.8. The van der Waals surface area contributed by atoms with Gasteiger partial charge in [-0.3, -0.25) is 5.32 Å². The van der Waals surface area contributed by atoms with Crippen LogP contribution in [-0.4, -0.2) is 13.2 Å². The number of hydrogen-bond donors (Lipinski definition) is 1. The van der Waals surface area contributed by atoms with Gasteiger partial charge in [0.25, 0.3) is 0 Å². The number of anilines is 1. The number of amides is 1. The topological polar surface area (TPSA) is 47.6 Å². The molecule has 34 heavy (non-hydrogen) atoms. The van der Waals surface area contributed by atoms with Crippen molar-refractivity contribution in [2.45, 2.75) is 31.8 Å². The maximum atomic E-state index is 12.6. The van der Waals surface area contributed by atoms with E-state index >= 15 is 0 Å². The minimum Gasteiger partial charge on any atom is -0.496 e. The largest absolute Gasteiger partial charge is 0.496 e. The van der Waals surface area contributed by atoms with Gasteiger partial charge in [-0.25, -0.2) is 4.79 Å². The highest BCUT2D eigenvalue weighted by Gasteiger charge is 2.23. The van der Waals surface area contributed by atoms with Gasteiger partial charge in [-0.05, 0) is 66.0 Å². The number of carbonyl (C=O) groups excluding carboxylic acids is 1. The van der Waals surface area contributed by atoms with Gasteiger partial charge in [0.15, 0.2) is 0 Å². The second kappa shape index (κ2) is 9.82. The third-order valence-corrected chi connectivity index (χ3v) is 8.25. The minimum absolute atomic E-state index is 0.330. The SMILES string of the molecule is COc1cc(-c2sc(Cl)cc2NC(=O)O[C@H](C)c2cccs2)ccc1-c1ccc(C2CC2)cc1. The molecule has 0 spiro atoms. The van der Waals surface area contributed by atoms with Gasteiger partial charge in [-0.2, -0.15) is 0 Å². The van der Waals surface area contributed by atoms with E-state index in [2.05, 4.69) is 35.6 Å². The van der Waals surface area contributed by atoms with Crippen LogP contribution < -0.4 is 10.1 Å². The number of nitrogens with one attached hydrogen (secondary N) is 1. The lowest BCUT2D eigenvalue weighted by molar-refractivity contribution is 0.123.